The summed E-state index contributed by atoms with van der Waals surface area (Å²) in [7, 11) is 0. The van der Waals surface area contributed by atoms with Gasteiger partial charge in [-0.2, -0.15) is 0 Å². The molecule has 0 amide bonds. The summed E-state index contributed by atoms with van der Waals surface area (Å²) in [5.74, 6) is 0. The summed E-state index contributed by atoms with van der Waals surface area (Å²) in [5.41, 5.74) is 11.4. The Morgan fingerprint density at radius 2 is 0.667 bits per heavy atom. The number of para-hydroxylation sites is 2. The maximum atomic E-state index is 2.38. The lowest BCUT2D eigenvalue weighted by Gasteiger charge is -2.29. The molecule has 0 saturated heterocycles. The molecule has 0 bridgehead atoms. The highest BCUT2D eigenvalue weighted by Crippen LogP contribution is 2.43. The van der Waals surface area contributed by atoms with Gasteiger partial charge in [-0.25, -0.2) is 0 Å². The van der Waals surface area contributed by atoms with E-state index in [9.17, 15) is 0 Å². The molecule has 228 valence electrons. The van der Waals surface area contributed by atoms with Crippen LogP contribution in [0.1, 0.15) is 0 Å². The standard InChI is InChI=1S/C46H34N2/c1-5-16-35(17-6-1)38-21-13-27-42(32-38)47(40-23-9-3-10-24-40)44-31-30-37-20-15-29-46(45(37)34-44)48(41-25-11-4-12-26-41)43-28-14-22-39(33-43)36-18-7-2-8-19-36/h1-34H. The Balaban J connectivity index is 1.31. The zero-order valence-electron chi connectivity index (χ0n) is 26.5. The molecule has 0 atom stereocenters. The van der Waals surface area contributed by atoms with Gasteiger partial charge < -0.3 is 9.80 Å². The molecule has 8 rings (SSSR count). The molecule has 0 heterocycles. The minimum absolute atomic E-state index is 1.09. The molecule has 0 saturated carbocycles. The van der Waals surface area contributed by atoms with E-state index in [1.807, 2.05) is 0 Å². The van der Waals surface area contributed by atoms with Crippen molar-refractivity contribution < 1.29 is 0 Å². The summed E-state index contributed by atoms with van der Waals surface area (Å²) in [4.78, 5) is 4.73. The van der Waals surface area contributed by atoms with Gasteiger partial charge >= 0.3 is 0 Å². The minimum Gasteiger partial charge on any atom is -0.310 e. The second-order valence-electron chi connectivity index (χ2n) is 11.9. The van der Waals surface area contributed by atoms with Crippen molar-refractivity contribution in [1.82, 2.24) is 0 Å². The molecule has 2 nitrogen and oxygen atoms in total. The lowest BCUT2D eigenvalue weighted by atomic mass is 10.0. The number of nitrogens with zero attached hydrogens (tertiary/aromatic N) is 2. The van der Waals surface area contributed by atoms with Gasteiger partial charge in [-0.15, -0.1) is 0 Å². The van der Waals surface area contributed by atoms with Gasteiger partial charge in [0, 0.05) is 33.8 Å². The first-order chi connectivity index (χ1) is 23.8. The fourth-order valence-corrected chi connectivity index (χ4v) is 6.52. The van der Waals surface area contributed by atoms with Crippen LogP contribution in [0.3, 0.4) is 0 Å². The summed E-state index contributed by atoms with van der Waals surface area (Å²) >= 11 is 0. The lowest BCUT2D eigenvalue weighted by Crippen LogP contribution is -2.12. The highest BCUT2D eigenvalue weighted by molar-refractivity contribution is 6.01. The van der Waals surface area contributed by atoms with Crippen molar-refractivity contribution in [1.29, 1.82) is 0 Å². The largest absolute Gasteiger partial charge is 0.310 e. The first-order valence-corrected chi connectivity index (χ1v) is 16.4. The SMILES string of the molecule is c1ccc(-c2cccc(N(c3ccccc3)c3ccc4cccc(N(c5ccccc5)c5cccc(-c6ccccc6)c5)c4c3)c2)cc1. The van der Waals surface area contributed by atoms with Crippen LogP contribution in [-0.2, 0) is 0 Å². The zero-order chi connectivity index (χ0) is 32.1. The predicted octanol–water partition coefficient (Wildman–Crippen LogP) is 13.1. The van der Waals surface area contributed by atoms with E-state index in [1.165, 1.54) is 33.0 Å². The van der Waals surface area contributed by atoms with Crippen molar-refractivity contribution in [3.8, 4) is 22.3 Å². The number of anilines is 6. The Bertz CT molecular complexity index is 2280. The van der Waals surface area contributed by atoms with Crippen LogP contribution in [-0.4, -0.2) is 0 Å². The van der Waals surface area contributed by atoms with Gasteiger partial charge in [-0.1, -0.05) is 140 Å². The summed E-state index contributed by atoms with van der Waals surface area (Å²) < 4.78 is 0. The molecule has 48 heavy (non-hydrogen) atoms. The van der Waals surface area contributed by atoms with Crippen LogP contribution >= 0.6 is 0 Å². The van der Waals surface area contributed by atoms with Gasteiger partial charge in [0.25, 0.3) is 0 Å². The molecule has 0 aliphatic heterocycles. The van der Waals surface area contributed by atoms with Gasteiger partial charge in [-0.3, -0.25) is 0 Å². The smallest absolute Gasteiger partial charge is 0.0540 e. The number of rotatable bonds is 8. The van der Waals surface area contributed by atoms with Crippen molar-refractivity contribution in [2.24, 2.45) is 0 Å². The van der Waals surface area contributed by atoms with Crippen LogP contribution < -0.4 is 9.80 Å². The Kier molecular flexibility index (Phi) is 7.96. The summed E-state index contributed by atoms with van der Waals surface area (Å²) in [6.07, 6.45) is 0. The Hall–Kier alpha value is -6.38. The van der Waals surface area contributed by atoms with Crippen LogP contribution in [0.5, 0.6) is 0 Å². The van der Waals surface area contributed by atoms with Crippen molar-refractivity contribution >= 4 is 44.9 Å². The molecular weight excluding hydrogens is 581 g/mol. The molecule has 0 unspecified atom stereocenters. The second kappa shape index (κ2) is 13.2. The van der Waals surface area contributed by atoms with Crippen molar-refractivity contribution in [3.05, 3.63) is 206 Å². The maximum Gasteiger partial charge on any atom is 0.0540 e. The van der Waals surface area contributed by atoms with Gasteiger partial charge in [0.15, 0.2) is 0 Å². The fraction of sp³-hybridized carbons (Fsp3) is 0. The van der Waals surface area contributed by atoms with Gasteiger partial charge in [0.05, 0.1) is 5.69 Å². The molecule has 0 aliphatic carbocycles. The van der Waals surface area contributed by atoms with E-state index < -0.39 is 0 Å². The topological polar surface area (TPSA) is 6.48 Å². The molecule has 8 aromatic carbocycles. The highest BCUT2D eigenvalue weighted by Gasteiger charge is 2.19. The third kappa shape index (κ3) is 5.84. The first-order valence-electron chi connectivity index (χ1n) is 16.4. The molecule has 0 radical (unpaired) electrons. The summed E-state index contributed by atoms with van der Waals surface area (Å²) in [5, 5.41) is 2.35. The third-order valence-electron chi connectivity index (χ3n) is 8.79. The van der Waals surface area contributed by atoms with Crippen LogP contribution in [0.15, 0.2) is 206 Å². The van der Waals surface area contributed by atoms with E-state index >= 15 is 0 Å². The average molecular weight is 615 g/mol. The summed E-state index contributed by atoms with van der Waals surface area (Å²) in [6, 6.07) is 73.5. The Morgan fingerprint density at radius 3 is 1.23 bits per heavy atom. The van der Waals surface area contributed by atoms with Crippen LogP contribution in [0.2, 0.25) is 0 Å². The van der Waals surface area contributed by atoms with E-state index in [2.05, 4.69) is 216 Å². The monoisotopic (exact) mass is 614 g/mol. The average Bonchev–Trinajstić information content (AvgIpc) is 3.17. The van der Waals surface area contributed by atoms with E-state index in [1.54, 1.807) is 0 Å². The molecule has 0 aliphatic rings. The van der Waals surface area contributed by atoms with Crippen LogP contribution in [0.25, 0.3) is 33.0 Å². The quantitative estimate of drug-likeness (QED) is 0.168. The van der Waals surface area contributed by atoms with Crippen molar-refractivity contribution in [2.45, 2.75) is 0 Å². The van der Waals surface area contributed by atoms with E-state index in [0.717, 1.165) is 34.1 Å². The first kappa shape index (κ1) is 29.1. The number of fused-ring (bicyclic) bond motifs is 1. The van der Waals surface area contributed by atoms with Crippen LogP contribution in [0.4, 0.5) is 34.1 Å². The molecule has 8 aromatic rings. The molecule has 0 aromatic heterocycles. The number of benzene rings is 8. The van der Waals surface area contributed by atoms with Gasteiger partial charge in [0.2, 0.25) is 0 Å². The molecule has 0 N–H and O–H groups in total. The fourth-order valence-electron chi connectivity index (χ4n) is 6.52. The molecule has 0 fully saturated rings. The molecular formula is C46H34N2. The normalized spacial score (nSPS) is 10.9. The number of hydrogen-bond donors (Lipinski definition) is 0. The number of hydrogen-bond acceptors (Lipinski definition) is 2. The third-order valence-corrected chi connectivity index (χ3v) is 8.79. The van der Waals surface area contributed by atoms with E-state index in [0.29, 0.717) is 0 Å². The van der Waals surface area contributed by atoms with Crippen LogP contribution in [0, 0.1) is 0 Å². The lowest BCUT2D eigenvalue weighted by molar-refractivity contribution is 1.28. The van der Waals surface area contributed by atoms with Crippen molar-refractivity contribution in [2.75, 3.05) is 9.80 Å². The maximum absolute atomic E-state index is 2.38. The summed E-state index contributed by atoms with van der Waals surface area (Å²) in [6.45, 7) is 0. The second-order valence-corrected chi connectivity index (χ2v) is 11.9. The van der Waals surface area contributed by atoms with Crippen molar-refractivity contribution in [3.63, 3.8) is 0 Å². The van der Waals surface area contributed by atoms with E-state index in [4.69, 9.17) is 0 Å². The Labute approximate surface area is 282 Å². The zero-order valence-corrected chi connectivity index (χ0v) is 26.5. The predicted molar refractivity (Wildman–Crippen MR) is 204 cm³/mol. The van der Waals surface area contributed by atoms with Gasteiger partial charge in [-0.05, 0) is 94.4 Å². The highest BCUT2D eigenvalue weighted by atomic mass is 15.2. The molecule has 0 spiro atoms. The van der Waals surface area contributed by atoms with Gasteiger partial charge in [0.1, 0.15) is 0 Å². The minimum atomic E-state index is 1.09. The molecule has 2 heteroatoms. The van der Waals surface area contributed by atoms with E-state index in [-0.39, 0.29) is 0 Å². The Morgan fingerprint density at radius 1 is 0.250 bits per heavy atom.